The van der Waals surface area contributed by atoms with Gasteiger partial charge in [-0.25, -0.2) is 0 Å². The summed E-state index contributed by atoms with van der Waals surface area (Å²) >= 11 is 0. The molecule has 3 heteroatoms. The summed E-state index contributed by atoms with van der Waals surface area (Å²) in [6, 6.07) is 7.68. The Labute approximate surface area is 102 Å². The van der Waals surface area contributed by atoms with E-state index < -0.39 is 0 Å². The van der Waals surface area contributed by atoms with Gasteiger partial charge in [-0.2, -0.15) is 0 Å². The van der Waals surface area contributed by atoms with Crippen molar-refractivity contribution in [1.29, 1.82) is 0 Å². The lowest BCUT2D eigenvalue weighted by Crippen LogP contribution is -2.40. The van der Waals surface area contributed by atoms with Crippen molar-refractivity contribution in [3.63, 3.8) is 0 Å². The molecule has 1 aliphatic rings. The van der Waals surface area contributed by atoms with Gasteiger partial charge < -0.3 is 10.1 Å². The van der Waals surface area contributed by atoms with Crippen LogP contribution in [0.25, 0.3) is 0 Å². The highest BCUT2D eigenvalue weighted by molar-refractivity contribution is 5.94. The monoisotopic (exact) mass is 233 g/mol. The number of carbonyl (C=O) groups excluding carboxylic acids is 1. The fraction of sp³-hybridized carbons (Fsp3) is 0.500. The number of carbonyl (C=O) groups is 1. The summed E-state index contributed by atoms with van der Waals surface area (Å²) in [7, 11) is 0. The van der Waals surface area contributed by atoms with Gasteiger partial charge in [0, 0.05) is 12.2 Å². The molecule has 0 bridgehead atoms. The van der Waals surface area contributed by atoms with E-state index in [-0.39, 0.29) is 18.1 Å². The first-order valence-electron chi connectivity index (χ1n) is 6.16. The highest BCUT2D eigenvalue weighted by Crippen LogP contribution is 2.15. The normalized spacial score (nSPS) is 21.2. The molecule has 0 radical (unpaired) electrons. The van der Waals surface area contributed by atoms with E-state index in [2.05, 4.69) is 5.32 Å². The average Bonchev–Trinajstić information content (AvgIpc) is 2.83. The van der Waals surface area contributed by atoms with Gasteiger partial charge in [0.25, 0.3) is 5.91 Å². The molecule has 2 atom stereocenters. The van der Waals surface area contributed by atoms with Crippen molar-refractivity contribution in [2.45, 2.75) is 38.8 Å². The highest BCUT2D eigenvalue weighted by atomic mass is 16.5. The van der Waals surface area contributed by atoms with E-state index in [9.17, 15) is 4.79 Å². The summed E-state index contributed by atoms with van der Waals surface area (Å²) in [5.41, 5.74) is 1.87. The topological polar surface area (TPSA) is 38.3 Å². The Morgan fingerprint density at radius 2 is 2.12 bits per heavy atom. The van der Waals surface area contributed by atoms with E-state index in [0.29, 0.717) is 5.56 Å². The molecule has 1 aromatic rings. The standard InChI is InChI=1S/C14H19NO2/c1-10-5-7-12(8-6-10)14(16)15-11(2)13-4-3-9-17-13/h5-8,11,13H,3-4,9H2,1-2H3,(H,15,16)/t11-,13+/m0/s1. The summed E-state index contributed by atoms with van der Waals surface area (Å²) in [4.78, 5) is 12.0. The largest absolute Gasteiger partial charge is 0.376 e. The molecule has 0 spiro atoms. The molecule has 92 valence electrons. The van der Waals surface area contributed by atoms with Crippen LogP contribution < -0.4 is 5.32 Å². The summed E-state index contributed by atoms with van der Waals surface area (Å²) in [5.74, 6) is -0.0204. The first-order chi connectivity index (χ1) is 8.16. The molecule has 1 fully saturated rings. The third-order valence-corrected chi connectivity index (χ3v) is 3.20. The van der Waals surface area contributed by atoms with Gasteiger partial charge in [0.15, 0.2) is 0 Å². The molecule has 1 N–H and O–H groups in total. The van der Waals surface area contributed by atoms with Crippen LogP contribution in [0.1, 0.15) is 35.7 Å². The Balaban J connectivity index is 1.94. The van der Waals surface area contributed by atoms with Crippen molar-refractivity contribution in [1.82, 2.24) is 5.32 Å². The first kappa shape index (κ1) is 12.1. The molecular weight excluding hydrogens is 214 g/mol. The van der Waals surface area contributed by atoms with Crippen molar-refractivity contribution in [2.24, 2.45) is 0 Å². The molecular formula is C14H19NO2. The average molecular weight is 233 g/mol. The molecule has 3 nitrogen and oxygen atoms in total. The van der Waals surface area contributed by atoms with E-state index in [1.54, 1.807) is 0 Å². The summed E-state index contributed by atoms with van der Waals surface area (Å²) < 4.78 is 5.56. The number of amides is 1. The second kappa shape index (κ2) is 5.32. The molecule has 1 heterocycles. The number of ether oxygens (including phenoxy) is 1. The number of aryl methyl sites for hydroxylation is 1. The number of hydrogen-bond acceptors (Lipinski definition) is 2. The zero-order chi connectivity index (χ0) is 12.3. The van der Waals surface area contributed by atoms with Crippen LogP contribution in [-0.4, -0.2) is 24.7 Å². The molecule has 0 unspecified atom stereocenters. The van der Waals surface area contributed by atoms with E-state index in [1.807, 2.05) is 38.1 Å². The van der Waals surface area contributed by atoms with Crippen LogP contribution >= 0.6 is 0 Å². The van der Waals surface area contributed by atoms with Crippen LogP contribution in [0.2, 0.25) is 0 Å². The van der Waals surface area contributed by atoms with Gasteiger partial charge in [-0.1, -0.05) is 17.7 Å². The summed E-state index contributed by atoms with van der Waals surface area (Å²) in [6.07, 6.45) is 2.30. The van der Waals surface area contributed by atoms with Crippen molar-refractivity contribution >= 4 is 5.91 Å². The second-order valence-electron chi connectivity index (χ2n) is 4.68. The molecule has 1 aromatic carbocycles. The number of nitrogens with one attached hydrogen (secondary N) is 1. The molecule has 0 aromatic heterocycles. The zero-order valence-corrected chi connectivity index (χ0v) is 10.4. The van der Waals surface area contributed by atoms with E-state index in [4.69, 9.17) is 4.74 Å². The van der Waals surface area contributed by atoms with Gasteiger partial charge >= 0.3 is 0 Å². The lowest BCUT2D eigenvalue weighted by molar-refractivity contribution is 0.0712. The maximum Gasteiger partial charge on any atom is 0.251 e. The second-order valence-corrected chi connectivity index (χ2v) is 4.68. The van der Waals surface area contributed by atoms with Crippen molar-refractivity contribution in [3.8, 4) is 0 Å². The fourth-order valence-electron chi connectivity index (χ4n) is 2.08. The van der Waals surface area contributed by atoms with Crippen LogP contribution in [0.3, 0.4) is 0 Å². The smallest absolute Gasteiger partial charge is 0.251 e. The van der Waals surface area contributed by atoms with Crippen LogP contribution in [0.4, 0.5) is 0 Å². The molecule has 1 aliphatic heterocycles. The quantitative estimate of drug-likeness (QED) is 0.870. The van der Waals surface area contributed by atoms with Crippen LogP contribution in [-0.2, 0) is 4.74 Å². The summed E-state index contributed by atoms with van der Waals surface area (Å²) in [6.45, 7) is 4.83. The highest BCUT2D eigenvalue weighted by Gasteiger charge is 2.23. The Bertz CT molecular complexity index is 380. The van der Waals surface area contributed by atoms with Gasteiger partial charge in [0.1, 0.15) is 0 Å². The minimum absolute atomic E-state index is 0.0204. The predicted octanol–water partition coefficient (Wildman–Crippen LogP) is 2.29. The lowest BCUT2D eigenvalue weighted by Gasteiger charge is -2.20. The first-order valence-corrected chi connectivity index (χ1v) is 6.16. The third-order valence-electron chi connectivity index (χ3n) is 3.20. The predicted molar refractivity (Wildman–Crippen MR) is 67.1 cm³/mol. The molecule has 0 aliphatic carbocycles. The van der Waals surface area contributed by atoms with Crippen molar-refractivity contribution < 1.29 is 9.53 Å². The van der Waals surface area contributed by atoms with E-state index >= 15 is 0 Å². The number of hydrogen-bond donors (Lipinski definition) is 1. The van der Waals surface area contributed by atoms with Crippen LogP contribution in [0.5, 0.6) is 0 Å². The van der Waals surface area contributed by atoms with Gasteiger partial charge in [0.2, 0.25) is 0 Å². The molecule has 1 amide bonds. The molecule has 2 rings (SSSR count). The molecule has 0 saturated carbocycles. The number of rotatable bonds is 3. The molecule has 1 saturated heterocycles. The Hall–Kier alpha value is -1.35. The van der Waals surface area contributed by atoms with Crippen molar-refractivity contribution in [3.05, 3.63) is 35.4 Å². The lowest BCUT2D eigenvalue weighted by atomic mass is 10.1. The fourth-order valence-corrected chi connectivity index (χ4v) is 2.08. The maximum atomic E-state index is 12.0. The maximum absolute atomic E-state index is 12.0. The van der Waals surface area contributed by atoms with Gasteiger partial charge in [-0.15, -0.1) is 0 Å². The summed E-state index contributed by atoms with van der Waals surface area (Å²) in [5, 5.41) is 2.99. The Kier molecular flexibility index (Phi) is 3.79. The van der Waals surface area contributed by atoms with Crippen LogP contribution in [0, 0.1) is 6.92 Å². The zero-order valence-electron chi connectivity index (χ0n) is 10.4. The van der Waals surface area contributed by atoms with Crippen molar-refractivity contribution in [2.75, 3.05) is 6.61 Å². The van der Waals surface area contributed by atoms with E-state index in [0.717, 1.165) is 25.0 Å². The van der Waals surface area contributed by atoms with Gasteiger partial charge in [0.05, 0.1) is 12.1 Å². The Morgan fingerprint density at radius 3 is 2.71 bits per heavy atom. The van der Waals surface area contributed by atoms with Gasteiger partial charge in [-0.05, 0) is 38.8 Å². The minimum Gasteiger partial charge on any atom is -0.376 e. The van der Waals surface area contributed by atoms with Crippen LogP contribution in [0.15, 0.2) is 24.3 Å². The SMILES string of the molecule is Cc1ccc(C(=O)N[C@@H](C)[C@H]2CCCO2)cc1. The molecule has 17 heavy (non-hydrogen) atoms. The number of benzene rings is 1. The Morgan fingerprint density at radius 1 is 1.41 bits per heavy atom. The van der Waals surface area contributed by atoms with E-state index in [1.165, 1.54) is 0 Å². The van der Waals surface area contributed by atoms with Gasteiger partial charge in [-0.3, -0.25) is 4.79 Å². The third kappa shape index (κ3) is 3.07. The minimum atomic E-state index is -0.0204.